The van der Waals surface area contributed by atoms with Crippen LogP contribution in [0.15, 0.2) is 29.2 Å². The van der Waals surface area contributed by atoms with Crippen LogP contribution < -0.4 is 11.3 Å². The monoisotopic (exact) mass is 354 g/mol. The highest BCUT2D eigenvalue weighted by atomic mass is 16.5. The zero-order chi connectivity index (χ0) is 19.0. The normalized spacial score (nSPS) is 11.1. The molecule has 0 amide bonds. The highest BCUT2D eigenvalue weighted by Crippen LogP contribution is 2.33. The summed E-state index contributed by atoms with van der Waals surface area (Å²) in [6.45, 7) is 6.05. The van der Waals surface area contributed by atoms with Crippen LogP contribution in [0.1, 0.15) is 29.9 Å². The number of hydrogen-bond acceptors (Lipinski definition) is 5. The number of para-hydroxylation sites is 1. The van der Waals surface area contributed by atoms with Crippen molar-refractivity contribution in [2.45, 2.75) is 27.3 Å². The van der Waals surface area contributed by atoms with Gasteiger partial charge in [-0.05, 0) is 20.8 Å². The Morgan fingerprint density at radius 3 is 2.58 bits per heavy atom. The maximum absolute atomic E-state index is 13.0. The Balaban J connectivity index is 2.44. The fourth-order valence-electron chi connectivity index (χ4n) is 3.32. The van der Waals surface area contributed by atoms with E-state index in [9.17, 15) is 9.59 Å². The van der Waals surface area contributed by atoms with Crippen molar-refractivity contribution < 1.29 is 9.53 Å². The molecule has 1 aromatic carbocycles. The van der Waals surface area contributed by atoms with Gasteiger partial charge < -0.3 is 15.0 Å². The number of hydrogen-bond donors (Lipinski definition) is 1. The van der Waals surface area contributed by atoms with E-state index < -0.39 is 11.5 Å². The number of benzene rings is 1. The second-order valence-electron chi connectivity index (χ2n) is 6.06. The van der Waals surface area contributed by atoms with E-state index in [2.05, 4.69) is 5.10 Å². The van der Waals surface area contributed by atoms with Crippen LogP contribution in [0.3, 0.4) is 0 Å². The molecular weight excluding hydrogens is 332 g/mol. The number of carbonyl (C=O) groups is 1. The van der Waals surface area contributed by atoms with Gasteiger partial charge in [0.2, 0.25) is 0 Å². The van der Waals surface area contributed by atoms with Crippen LogP contribution in [-0.4, -0.2) is 26.9 Å². The number of esters is 1. The molecule has 0 saturated heterocycles. The van der Waals surface area contributed by atoms with Crippen molar-refractivity contribution in [3.05, 3.63) is 46.0 Å². The van der Waals surface area contributed by atoms with E-state index in [1.165, 1.54) is 0 Å². The molecule has 7 nitrogen and oxygen atoms in total. The summed E-state index contributed by atoms with van der Waals surface area (Å²) in [5.41, 5.74) is 9.15. The standard InChI is InChI=1S/C19H22N4O3/c1-5-23-17-12(14-10-22(4)21-11(14)3)8-7-9-13(17)16(20)15(18(23)24)19(25)26-6-2/h7-10H,5-6,20H2,1-4H3. The van der Waals surface area contributed by atoms with E-state index in [-0.39, 0.29) is 17.9 Å². The Labute approximate surface area is 151 Å². The smallest absolute Gasteiger partial charge is 0.345 e. The number of nitrogens with two attached hydrogens (primary N) is 1. The van der Waals surface area contributed by atoms with Crippen LogP contribution in [-0.2, 0) is 18.3 Å². The molecule has 136 valence electrons. The van der Waals surface area contributed by atoms with Gasteiger partial charge in [-0.2, -0.15) is 5.10 Å². The Morgan fingerprint density at radius 2 is 2.00 bits per heavy atom. The highest BCUT2D eigenvalue weighted by Gasteiger charge is 2.23. The number of aryl methyl sites for hydroxylation is 3. The van der Waals surface area contributed by atoms with Crippen LogP contribution in [0.25, 0.3) is 22.0 Å². The molecule has 0 aliphatic rings. The van der Waals surface area contributed by atoms with Crippen molar-refractivity contribution >= 4 is 22.6 Å². The van der Waals surface area contributed by atoms with Crippen LogP contribution in [0, 0.1) is 6.92 Å². The molecule has 0 radical (unpaired) electrons. The first kappa shape index (κ1) is 17.7. The molecule has 2 heterocycles. The zero-order valence-corrected chi connectivity index (χ0v) is 15.4. The van der Waals surface area contributed by atoms with Crippen LogP contribution in [0.4, 0.5) is 5.69 Å². The lowest BCUT2D eigenvalue weighted by molar-refractivity contribution is 0.0525. The first-order valence-electron chi connectivity index (χ1n) is 8.53. The lowest BCUT2D eigenvalue weighted by Gasteiger charge is -2.16. The first-order valence-corrected chi connectivity index (χ1v) is 8.53. The predicted molar refractivity (Wildman–Crippen MR) is 101 cm³/mol. The first-order chi connectivity index (χ1) is 12.4. The Bertz CT molecular complexity index is 1060. The van der Waals surface area contributed by atoms with Gasteiger partial charge in [0.15, 0.2) is 0 Å². The summed E-state index contributed by atoms with van der Waals surface area (Å²) in [5.74, 6) is -0.693. The summed E-state index contributed by atoms with van der Waals surface area (Å²) in [6.07, 6.45) is 1.91. The third kappa shape index (κ3) is 2.65. The minimum atomic E-state index is -0.693. The highest BCUT2D eigenvalue weighted by molar-refractivity contribution is 6.07. The van der Waals surface area contributed by atoms with E-state index in [0.29, 0.717) is 17.4 Å². The van der Waals surface area contributed by atoms with Gasteiger partial charge in [0.1, 0.15) is 5.56 Å². The SMILES string of the molecule is CCOC(=O)c1c(N)c2cccc(-c3cn(C)nc3C)c2n(CC)c1=O. The number of rotatable bonds is 4. The van der Waals surface area contributed by atoms with Gasteiger partial charge in [-0.25, -0.2) is 4.79 Å². The van der Waals surface area contributed by atoms with Gasteiger partial charge in [-0.15, -0.1) is 0 Å². The van der Waals surface area contributed by atoms with Gasteiger partial charge in [-0.3, -0.25) is 9.48 Å². The molecule has 0 atom stereocenters. The Kier molecular flexibility index (Phi) is 4.54. The molecule has 0 saturated carbocycles. The third-order valence-corrected chi connectivity index (χ3v) is 4.42. The summed E-state index contributed by atoms with van der Waals surface area (Å²) >= 11 is 0. The molecule has 2 N–H and O–H groups in total. The molecule has 0 aliphatic carbocycles. The molecule has 3 aromatic rings. The van der Waals surface area contributed by atoms with Crippen LogP contribution >= 0.6 is 0 Å². The molecule has 0 unspecified atom stereocenters. The van der Waals surface area contributed by atoms with Gasteiger partial charge in [0.25, 0.3) is 5.56 Å². The summed E-state index contributed by atoms with van der Waals surface area (Å²) in [7, 11) is 1.85. The maximum atomic E-state index is 13.0. The molecule has 3 rings (SSSR count). The van der Waals surface area contributed by atoms with E-state index in [4.69, 9.17) is 10.5 Å². The second kappa shape index (κ2) is 6.67. The summed E-state index contributed by atoms with van der Waals surface area (Å²) in [5, 5.41) is 5.04. The van der Waals surface area contributed by atoms with E-state index in [1.54, 1.807) is 16.2 Å². The zero-order valence-electron chi connectivity index (χ0n) is 15.4. The largest absolute Gasteiger partial charge is 0.462 e. The fourth-order valence-corrected chi connectivity index (χ4v) is 3.32. The summed E-state index contributed by atoms with van der Waals surface area (Å²) in [4.78, 5) is 25.3. The van der Waals surface area contributed by atoms with Crippen LogP contribution in [0.2, 0.25) is 0 Å². The number of pyridine rings is 1. The lowest BCUT2D eigenvalue weighted by Crippen LogP contribution is -2.29. The van der Waals surface area contributed by atoms with Gasteiger partial charge in [-0.1, -0.05) is 18.2 Å². The van der Waals surface area contributed by atoms with Crippen molar-refractivity contribution in [1.82, 2.24) is 14.3 Å². The number of nitrogen functional groups attached to an aromatic ring is 1. The van der Waals surface area contributed by atoms with Crippen molar-refractivity contribution in [3.8, 4) is 11.1 Å². The Hall–Kier alpha value is -3.09. The quantitative estimate of drug-likeness (QED) is 0.727. The van der Waals surface area contributed by atoms with Gasteiger partial charge in [0.05, 0.1) is 23.5 Å². The van der Waals surface area contributed by atoms with Crippen LogP contribution in [0.5, 0.6) is 0 Å². The van der Waals surface area contributed by atoms with Crippen molar-refractivity contribution in [2.75, 3.05) is 12.3 Å². The number of anilines is 1. The molecule has 0 aliphatic heterocycles. The number of carbonyl (C=O) groups excluding carboxylic acids is 1. The van der Waals surface area contributed by atoms with Crippen molar-refractivity contribution in [1.29, 1.82) is 0 Å². The maximum Gasteiger partial charge on any atom is 0.345 e. The summed E-state index contributed by atoms with van der Waals surface area (Å²) < 4.78 is 8.33. The van der Waals surface area contributed by atoms with Gasteiger partial charge >= 0.3 is 5.97 Å². The topological polar surface area (TPSA) is 92.1 Å². The predicted octanol–water partition coefficient (Wildman–Crippen LogP) is 2.49. The molecule has 0 bridgehead atoms. The number of aromatic nitrogens is 3. The van der Waals surface area contributed by atoms with E-state index in [1.807, 2.05) is 45.3 Å². The van der Waals surface area contributed by atoms with Crippen molar-refractivity contribution in [2.24, 2.45) is 7.05 Å². The molecule has 26 heavy (non-hydrogen) atoms. The van der Waals surface area contributed by atoms with E-state index >= 15 is 0 Å². The van der Waals surface area contributed by atoms with E-state index in [0.717, 1.165) is 16.8 Å². The summed E-state index contributed by atoms with van der Waals surface area (Å²) in [6, 6.07) is 5.61. The number of fused-ring (bicyclic) bond motifs is 1. The minimum Gasteiger partial charge on any atom is -0.462 e. The third-order valence-electron chi connectivity index (χ3n) is 4.42. The second-order valence-corrected chi connectivity index (χ2v) is 6.06. The van der Waals surface area contributed by atoms with Crippen molar-refractivity contribution in [3.63, 3.8) is 0 Å². The van der Waals surface area contributed by atoms with Gasteiger partial charge in [0, 0.05) is 36.3 Å². The number of ether oxygens (including phenoxy) is 1. The fraction of sp³-hybridized carbons (Fsp3) is 0.316. The minimum absolute atomic E-state index is 0.110. The molecule has 7 heteroatoms. The molecule has 2 aromatic heterocycles. The molecule has 0 spiro atoms. The molecular formula is C19H22N4O3. The Morgan fingerprint density at radius 1 is 1.27 bits per heavy atom. The average Bonchev–Trinajstić information content (AvgIpc) is 2.93. The molecule has 0 fully saturated rings. The average molecular weight is 354 g/mol. The lowest BCUT2D eigenvalue weighted by atomic mass is 10.00. The number of nitrogens with zero attached hydrogens (tertiary/aromatic N) is 3.